The number of amides is 1. The van der Waals surface area contributed by atoms with Crippen LogP contribution < -0.4 is 10.1 Å². The van der Waals surface area contributed by atoms with Crippen LogP contribution in [0.15, 0.2) is 65.9 Å². The van der Waals surface area contributed by atoms with Crippen LogP contribution in [0.5, 0.6) is 5.75 Å². The molecule has 3 rings (SSSR count). The fourth-order valence-corrected chi connectivity index (χ4v) is 3.38. The van der Waals surface area contributed by atoms with E-state index in [1.165, 1.54) is 0 Å². The van der Waals surface area contributed by atoms with Crippen LogP contribution >= 0.6 is 0 Å². The van der Waals surface area contributed by atoms with Gasteiger partial charge in [0.15, 0.2) is 0 Å². The minimum atomic E-state index is -0.503. The Morgan fingerprint density at radius 2 is 1.71 bits per heavy atom. The van der Waals surface area contributed by atoms with E-state index in [-0.39, 0.29) is 0 Å². The van der Waals surface area contributed by atoms with E-state index in [9.17, 15) is 9.59 Å². The Labute approximate surface area is 164 Å². The van der Waals surface area contributed by atoms with E-state index in [1.54, 1.807) is 19.1 Å². The molecule has 1 heterocycles. The highest BCUT2D eigenvalue weighted by Crippen LogP contribution is 2.37. The Morgan fingerprint density at radius 1 is 1.04 bits per heavy atom. The van der Waals surface area contributed by atoms with Crippen LogP contribution in [-0.4, -0.2) is 44.0 Å². The molecule has 0 aliphatic carbocycles. The van der Waals surface area contributed by atoms with Gasteiger partial charge in [-0.3, -0.25) is 9.59 Å². The fraction of sp³-hybridized carbons (Fsp3) is 0.273. The Balaban J connectivity index is 2.00. The number of hydrogen-bond acceptors (Lipinski definition) is 5. The van der Waals surface area contributed by atoms with Gasteiger partial charge in [-0.25, -0.2) is 0 Å². The lowest BCUT2D eigenvalue weighted by Gasteiger charge is -2.25. The average molecular weight is 380 g/mol. The van der Waals surface area contributed by atoms with Crippen LogP contribution in [0.4, 0.5) is 5.69 Å². The van der Waals surface area contributed by atoms with Crippen molar-refractivity contribution < 1.29 is 19.1 Å². The van der Waals surface area contributed by atoms with E-state index >= 15 is 0 Å². The molecule has 6 nitrogen and oxygen atoms in total. The maximum Gasteiger partial charge on any atom is 0.295 e. The molecule has 2 aromatic rings. The molecule has 2 aromatic carbocycles. The largest absolute Gasteiger partial charge is 0.497 e. The van der Waals surface area contributed by atoms with Gasteiger partial charge in [0, 0.05) is 25.0 Å². The second-order valence-electron chi connectivity index (χ2n) is 6.53. The van der Waals surface area contributed by atoms with E-state index in [4.69, 9.17) is 9.47 Å². The number of nitrogens with zero attached hydrogens (tertiary/aromatic N) is 1. The SMILES string of the molecule is COCCN1C(=O)C(=O)/C(=C(/C)Nc2ccc(OC)cc2)[C@@H]1c1ccccc1. The summed E-state index contributed by atoms with van der Waals surface area (Å²) in [6.07, 6.45) is 0. The topological polar surface area (TPSA) is 67.9 Å². The van der Waals surface area contributed by atoms with Crippen molar-refractivity contribution in [1.29, 1.82) is 0 Å². The fourth-order valence-electron chi connectivity index (χ4n) is 3.38. The molecule has 1 atom stereocenters. The molecule has 28 heavy (non-hydrogen) atoms. The molecule has 6 heteroatoms. The number of Topliss-reactive ketones (excluding diaryl/α,β-unsaturated/α-hetero) is 1. The zero-order valence-corrected chi connectivity index (χ0v) is 16.3. The van der Waals surface area contributed by atoms with Crippen molar-refractivity contribution >= 4 is 17.4 Å². The number of benzene rings is 2. The van der Waals surface area contributed by atoms with Crippen molar-refractivity contribution in [3.05, 3.63) is 71.4 Å². The first kappa shape index (κ1) is 19.6. The van der Waals surface area contributed by atoms with Crippen LogP contribution in [-0.2, 0) is 14.3 Å². The summed E-state index contributed by atoms with van der Waals surface area (Å²) >= 11 is 0. The number of ether oxygens (including phenoxy) is 2. The highest BCUT2D eigenvalue weighted by Gasteiger charge is 2.44. The quantitative estimate of drug-likeness (QED) is 0.590. The van der Waals surface area contributed by atoms with Gasteiger partial charge in [-0.1, -0.05) is 30.3 Å². The van der Waals surface area contributed by atoms with Gasteiger partial charge in [0.2, 0.25) is 0 Å². The minimum absolute atomic E-state index is 0.347. The van der Waals surface area contributed by atoms with Gasteiger partial charge in [-0.2, -0.15) is 0 Å². The number of nitrogens with one attached hydrogen (secondary N) is 1. The zero-order valence-electron chi connectivity index (χ0n) is 16.3. The van der Waals surface area contributed by atoms with E-state index in [0.717, 1.165) is 17.0 Å². The summed E-state index contributed by atoms with van der Waals surface area (Å²) in [5.74, 6) is -0.240. The summed E-state index contributed by atoms with van der Waals surface area (Å²) in [6.45, 7) is 2.53. The summed E-state index contributed by atoms with van der Waals surface area (Å²) in [4.78, 5) is 27.1. The summed E-state index contributed by atoms with van der Waals surface area (Å²) in [5, 5.41) is 3.26. The van der Waals surface area contributed by atoms with Crippen molar-refractivity contribution in [1.82, 2.24) is 4.90 Å². The van der Waals surface area contributed by atoms with Crippen molar-refractivity contribution in [3.8, 4) is 5.75 Å². The summed E-state index contributed by atoms with van der Waals surface area (Å²) < 4.78 is 10.3. The van der Waals surface area contributed by atoms with Gasteiger partial charge in [-0.15, -0.1) is 0 Å². The number of methoxy groups -OCH3 is 2. The van der Waals surface area contributed by atoms with Crippen LogP contribution in [0.3, 0.4) is 0 Å². The first-order valence-electron chi connectivity index (χ1n) is 9.07. The zero-order chi connectivity index (χ0) is 20.1. The lowest BCUT2D eigenvalue weighted by Crippen LogP contribution is -2.32. The van der Waals surface area contributed by atoms with Crippen LogP contribution in [0.25, 0.3) is 0 Å². The summed E-state index contributed by atoms with van der Waals surface area (Å²) in [6, 6.07) is 16.5. The number of likely N-dealkylation sites (tertiary alicyclic amines) is 1. The van der Waals surface area contributed by atoms with E-state index in [2.05, 4.69) is 5.32 Å². The molecule has 1 aliphatic heterocycles. The maximum atomic E-state index is 12.8. The van der Waals surface area contributed by atoms with Crippen LogP contribution in [0, 0.1) is 0 Å². The van der Waals surface area contributed by atoms with E-state index in [1.807, 2.05) is 61.5 Å². The van der Waals surface area contributed by atoms with E-state index < -0.39 is 17.7 Å². The molecule has 0 unspecified atom stereocenters. The van der Waals surface area contributed by atoms with Crippen molar-refractivity contribution in [2.45, 2.75) is 13.0 Å². The Morgan fingerprint density at radius 3 is 2.32 bits per heavy atom. The first-order valence-corrected chi connectivity index (χ1v) is 9.07. The standard InChI is InChI=1S/C22H24N2O4/c1-15(23-17-9-11-18(28-3)12-10-17)19-20(16-7-5-4-6-8-16)24(13-14-27-2)22(26)21(19)25/h4-12,20,23H,13-14H2,1-3H3/b19-15-/t20-/m0/s1. The summed E-state index contributed by atoms with van der Waals surface area (Å²) in [5.41, 5.74) is 2.82. The molecule has 0 saturated carbocycles. The average Bonchev–Trinajstić information content (AvgIpc) is 2.98. The number of rotatable bonds is 7. The normalized spacial score (nSPS) is 18.4. The smallest absolute Gasteiger partial charge is 0.295 e. The lowest BCUT2D eigenvalue weighted by molar-refractivity contribution is -0.140. The molecule has 0 spiro atoms. The summed E-state index contributed by atoms with van der Waals surface area (Å²) in [7, 11) is 3.19. The third-order valence-electron chi connectivity index (χ3n) is 4.76. The lowest BCUT2D eigenvalue weighted by atomic mass is 9.97. The van der Waals surface area contributed by atoms with Gasteiger partial charge in [-0.05, 0) is 36.8 Å². The van der Waals surface area contributed by atoms with Gasteiger partial charge in [0.1, 0.15) is 5.75 Å². The van der Waals surface area contributed by atoms with E-state index in [0.29, 0.717) is 24.4 Å². The number of anilines is 1. The number of allylic oxidation sites excluding steroid dienone is 1. The number of carbonyl (C=O) groups excluding carboxylic acids is 2. The Hall–Kier alpha value is -3.12. The molecular weight excluding hydrogens is 356 g/mol. The monoisotopic (exact) mass is 380 g/mol. The number of ketones is 1. The highest BCUT2D eigenvalue weighted by molar-refractivity contribution is 6.45. The predicted molar refractivity (Wildman–Crippen MR) is 107 cm³/mol. The molecule has 0 bridgehead atoms. The van der Waals surface area contributed by atoms with Crippen LogP contribution in [0.2, 0.25) is 0 Å². The molecule has 1 aliphatic rings. The Bertz CT molecular complexity index is 875. The molecule has 1 fully saturated rings. The second-order valence-corrected chi connectivity index (χ2v) is 6.53. The van der Waals surface area contributed by atoms with Crippen molar-refractivity contribution in [2.24, 2.45) is 0 Å². The second kappa shape index (κ2) is 8.71. The molecule has 146 valence electrons. The predicted octanol–water partition coefficient (Wildman–Crippen LogP) is 3.18. The Kier molecular flexibility index (Phi) is 6.11. The molecular formula is C22H24N2O4. The minimum Gasteiger partial charge on any atom is -0.497 e. The first-order chi connectivity index (χ1) is 13.6. The van der Waals surface area contributed by atoms with Crippen molar-refractivity contribution in [3.63, 3.8) is 0 Å². The van der Waals surface area contributed by atoms with Gasteiger partial charge in [0.25, 0.3) is 11.7 Å². The van der Waals surface area contributed by atoms with Gasteiger partial charge in [0.05, 0.1) is 25.3 Å². The molecule has 0 radical (unpaired) electrons. The molecule has 0 aromatic heterocycles. The number of hydrogen-bond donors (Lipinski definition) is 1. The molecule has 1 N–H and O–H groups in total. The maximum absolute atomic E-state index is 12.8. The van der Waals surface area contributed by atoms with Gasteiger partial charge >= 0.3 is 0 Å². The van der Waals surface area contributed by atoms with Gasteiger partial charge < -0.3 is 19.7 Å². The molecule has 1 saturated heterocycles. The third kappa shape index (κ3) is 3.92. The van der Waals surface area contributed by atoms with Crippen molar-refractivity contribution in [2.75, 3.05) is 32.7 Å². The van der Waals surface area contributed by atoms with Crippen LogP contribution in [0.1, 0.15) is 18.5 Å². The molecule has 1 amide bonds. The third-order valence-corrected chi connectivity index (χ3v) is 4.76. The number of carbonyl (C=O) groups is 2. The highest BCUT2D eigenvalue weighted by atomic mass is 16.5.